The van der Waals surface area contributed by atoms with Crippen molar-refractivity contribution in [1.29, 1.82) is 0 Å². The van der Waals surface area contributed by atoms with E-state index in [0.29, 0.717) is 17.7 Å². The molecule has 0 aliphatic heterocycles. The second-order valence-corrected chi connectivity index (χ2v) is 7.23. The number of benzene rings is 1. The minimum Gasteiger partial charge on any atom is -0.480 e. The number of halogens is 1. The van der Waals surface area contributed by atoms with Gasteiger partial charge in [0.05, 0.1) is 5.56 Å². The fourth-order valence-electron chi connectivity index (χ4n) is 2.54. The second-order valence-electron chi connectivity index (χ2n) is 6.85. The fourth-order valence-corrected chi connectivity index (χ4v) is 2.65. The highest BCUT2D eigenvalue weighted by Gasteiger charge is 2.22. The van der Waals surface area contributed by atoms with Crippen LogP contribution >= 0.6 is 11.6 Å². The van der Waals surface area contributed by atoms with Gasteiger partial charge in [-0.05, 0) is 49.1 Å². The van der Waals surface area contributed by atoms with Crippen LogP contribution in [0.1, 0.15) is 46.5 Å². The number of carboxylic acids is 1. The van der Waals surface area contributed by atoms with Crippen LogP contribution in [0.3, 0.4) is 0 Å². The van der Waals surface area contributed by atoms with Crippen molar-refractivity contribution in [2.75, 3.05) is 5.32 Å². The molecule has 2 aromatic rings. The summed E-state index contributed by atoms with van der Waals surface area (Å²) >= 11 is 5.72. The molecule has 0 saturated heterocycles. The summed E-state index contributed by atoms with van der Waals surface area (Å²) < 4.78 is 0. The van der Waals surface area contributed by atoms with E-state index in [2.05, 4.69) is 15.6 Å². The largest absolute Gasteiger partial charge is 0.480 e. The molecule has 1 atom stereocenters. The fraction of sp³-hybridized carbons (Fsp3) is 0.300. The van der Waals surface area contributed by atoms with E-state index in [1.807, 2.05) is 13.8 Å². The molecule has 3 N–H and O–H groups in total. The van der Waals surface area contributed by atoms with Crippen molar-refractivity contribution in [2.45, 2.75) is 33.2 Å². The number of pyridine rings is 1. The van der Waals surface area contributed by atoms with Crippen molar-refractivity contribution < 1.29 is 19.5 Å². The van der Waals surface area contributed by atoms with Crippen molar-refractivity contribution in [3.63, 3.8) is 0 Å². The SMILES string of the molecule is Cc1ccc(C(=O)NC(CC(C)C)C(=O)O)cc1NC(=O)c1ccc(Cl)nc1. The molecule has 0 radical (unpaired) electrons. The van der Waals surface area contributed by atoms with E-state index in [0.717, 1.165) is 5.56 Å². The molecule has 0 spiro atoms. The van der Waals surface area contributed by atoms with Gasteiger partial charge in [-0.1, -0.05) is 31.5 Å². The van der Waals surface area contributed by atoms with Crippen LogP contribution in [-0.2, 0) is 4.79 Å². The van der Waals surface area contributed by atoms with Crippen molar-refractivity contribution in [1.82, 2.24) is 10.3 Å². The van der Waals surface area contributed by atoms with Gasteiger partial charge in [0, 0.05) is 17.4 Å². The van der Waals surface area contributed by atoms with E-state index in [-0.39, 0.29) is 16.6 Å². The molecular weight excluding hydrogens is 382 g/mol. The standard InChI is InChI=1S/C20H22ClN3O4/c1-11(2)8-16(20(27)28)24-18(25)13-5-4-12(3)15(9-13)23-19(26)14-6-7-17(21)22-10-14/h4-7,9-11,16H,8H2,1-3H3,(H,23,26)(H,24,25)(H,27,28). The third-order valence-electron chi connectivity index (χ3n) is 4.05. The maximum atomic E-state index is 12.5. The highest BCUT2D eigenvalue weighted by Crippen LogP contribution is 2.19. The van der Waals surface area contributed by atoms with Crippen LogP contribution in [0.15, 0.2) is 36.5 Å². The Labute approximate surface area is 168 Å². The molecule has 8 heteroatoms. The Morgan fingerprint density at radius 2 is 1.79 bits per heavy atom. The maximum Gasteiger partial charge on any atom is 0.326 e. The number of hydrogen-bond donors (Lipinski definition) is 3. The van der Waals surface area contributed by atoms with Gasteiger partial charge in [-0.25, -0.2) is 9.78 Å². The lowest BCUT2D eigenvalue weighted by molar-refractivity contribution is -0.139. The molecule has 1 aromatic carbocycles. The molecule has 148 valence electrons. The van der Waals surface area contributed by atoms with Gasteiger partial charge in [-0.2, -0.15) is 0 Å². The number of nitrogens with one attached hydrogen (secondary N) is 2. The average molecular weight is 404 g/mol. The lowest BCUT2D eigenvalue weighted by atomic mass is 10.0. The van der Waals surface area contributed by atoms with Gasteiger partial charge in [0.25, 0.3) is 11.8 Å². The average Bonchev–Trinajstić information content (AvgIpc) is 2.62. The van der Waals surface area contributed by atoms with E-state index in [1.54, 1.807) is 25.1 Å². The highest BCUT2D eigenvalue weighted by atomic mass is 35.5. The lowest BCUT2D eigenvalue weighted by Gasteiger charge is -2.17. The predicted octanol–water partition coefficient (Wildman–Crippen LogP) is 3.52. The van der Waals surface area contributed by atoms with E-state index < -0.39 is 23.8 Å². The number of carbonyl (C=O) groups is 3. The van der Waals surface area contributed by atoms with Gasteiger partial charge < -0.3 is 15.7 Å². The molecule has 1 unspecified atom stereocenters. The molecule has 1 heterocycles. The van der Waals surface area contributed by atoms with E-state index in [9.17, 15) is 19.5 Å². The minimum atomic E-state index is -1.09. The summed E-state index contributed by atoms with van der Waals surface area (Å²) in [5.74, 6) is -1.88. The molecule has 0 saturated carbocycles. The maximum absolute atomic E-state index is 12.5. The molecule has 28 heavy (non-hydrogen) atoms. The number of aromatic nitrogens is 1. The number of aliphatic carboxylic acids is 1. The molecule has 1 aromatic heterocycles. The molecule has 2 rings (SSSR count). The molecule has 0 bridgehead atoms. The number of amides is 2. The van der Waals surface area contributed by atoms with E-state index in [1.165, 1.54) is 18.3 Å². The van der Waals surface area contributed by atoms with Gasteiger partial charge in [0.1, 0.15) is 11.2 Å². The Hall–Kier alpha value is -2.93. The first kappa shape index (κ1) is 21.4. The first-order valence-corrected chi connectivity index (χ1v) is 9.12. The Morgan fingerprint density at radius 3 is 2.36 bits per heavy atom. The topological polar surface area (TPSA) is 108 Å². The number of nitrogens with zero attached hydrogens (tertiary/aromatic N) is 1. The molecule has 7 nitrogen and oxygen atoms in total. The molecular formula is C20H22ClN3O4. The van der Waals surface area contributed by atoms with Crippen molar-refractivity contribution >= 4 is 35.1 Å². The summed E-state index contributed by atoms with van der Waals surface area (Å²) in [5.41, 5.74) is 1.78. The number of anilines is 1. The molecule has 0 aliphatic rings. The van der Waals surface area contributed by atoms with Gasteiger partial charge in [-0.15, -0.1) is 0 Å². The van der Waals surface area contributed by atoms with Crippen LogP contribution in [0.2, 0.25) is 5.15 Å². The quantitative estimate of drug-likeness (QED) is 0.613. The summed E-state index contributed by atoms with van der Waals surface area (Å²) in [4.78, 5) is 40.1. The smallest absolute Gasteiger partial charge is 0.326 e. The summed E-state index contributed by atoms with van der Waals surface area (Å²) in [5, 5.41) is 14.8. The van der Waals surface area contributed by atoms with E-state index in [4.69, 9.17) is 11.6 Å². The van der Waals surface area contributed by atoms with E-state index >= 15 is 0 Å². The minimum absolute atomic E-state index is 0.113. The van der Waals surface area contributed by atoms with Gasteiger partial charge >= 0.3 is 5.97 Å². The number of carboxylic acid groups (broad SMARTS) is 1. The number of rotatable bonds is 7. The van der Waals surface area contributed by atoms with Crippen LogP contribution in [0.25, 0.3) is 0 Å². The summed E-state index contributed by atoms with van der Waals surface area (Å²) in [7, 11) is 0. The summed E-state index contributed by atoms with van der Waals surface area (Å²) in [6, 6.07) is 6.85. The van der Waals surface area contributed by atoms with Gasteiger partial charge in [-0.3, -0.25) is 9.59 Å². The molecule has 2 amide bonds. The van der Waals surface area contributed by atoms with Crippen LogP contribution in [0, 0.1) is 12.8 Å². The summed E-state index contributed by atoms with van der Waals surface area (Å²) in [6.45, 7) is 5.55. The first-order chi connectivity index (χ1) is 13.2. The highest BCUT2D eigenvalue weighted by molar-refractivity contribution is 6.29. The van der Waals surface area contributed by atoms with Crippen LogP contribution < -0.4 is 10.6 Å². The van der Waals surface area contributed by atoms with Gasteiger partial charge in [0.2, 0.25) is 0 Å². The Kier molecular flexibility index (Phi) is 7.12. The van der Waals surface area contributed by atoms with Crippen LogP contribution in [0.4, 0.5) is 5.69 Å². The number of hydrogen-bond acceptors (Lipinski definition) is 4. The predicted molar refractivity (Wildman–Crippen MR) is 107 cm³/mol. The van der Waals surface area contributed by atoms with Gasteiger partial charge in [0.15, 0.2) is 0 Å². The van der Waals surface area contributed by atoms with Crippen LogP contribution in [-0.4, -0.2) is 33.9 Å². The monoisotopic (exact) mass is 403 g/mol. The second kappa shape index (κ2) is 9.32. The van der Waals surface area contributed by atoms with Crippen molar-refractivity contribution in [3.8, 4) is 0 Å². The van der Waals surface area contributed by atoms with Crippen molar-refractivity contribution in [2.24, 2.45) is 5.92 Å². The zero-order chi connectivity index (χ0) is 20.8. The normalized spacial score (nSPS) is 11.8. The third-order valence-corrected chi connectivity index (χ3v) is 4.27. The zero-order valence-electron chi connectivity index (χ0n) is 15.8. The molecule has 0 aliphatic carbocycles. The van der Waals surface area contributed by atoms with Crippen LogP contribution in [0.5, 0.6) is 0 Å². The number of carbonyl (C=O) groups excluding carboxylic acids is 2. The third kappa shape index (κ3) is 5.79. The number of aryl methyl sites for hydroxylation is 1. The molecule has 0 fully saturated rings. The Bertz CT molecular complexity index is 882. The Balaban J connectivity index is 2.17. The first-order valence-electron chi connectivity index (χ1n) is 8.74. The summed E-state index contributed by atoms with van der Waals surface area (Å²) in [6.07, 6.45) is 1.67. The Morgan fingerprint density at radius 1 is 1.11 bits per heavy atom. The zero-order valence-corrected chi connectivity index (χ0v) is 16.6. The lowest BCUT2D eigenvalue weighted by Crippen LogP contribution is -2.41. The van der Waals surface area contributed by atoms with Crippen molar-refractivity contribution in [3.05, 3.63) is 58.4 Å².